The molecular formula is C22H22ClF7N2O4S. The van der Waals surface area contributed by atoms with Gasteiger partial charge in [-0.1, -0.05) is 48.9 Å². The Morgan fingerprint density at radius 1 is 1.05 bits per heavy atom. The third kappa shape index (κ3) is 7.81. The molecule has 0 unspecified atom stereocenters. The number of amides is 3. The van der Waals surface area contributed by atoms with Gasteiger partial charge < -0.3 is 5.73 Å². The van der Waals surface area contributed by atoms with Crippen molar-refractivity contribution in [1.82, 2.24) is 5.32 Å². The van der Waals surface area contributed by atoms with Gasteiger partial charge in [0.2, 0.25) is 6.41 Å². The van der Waals surface area contributed by atoms with E-state index in [2.05, 4.69) is 5.73 Å². The maximum Gasteiger partial charge on any atom is 0.435 e. The van der Waals surface area contributed by atoms with Gasteiger partial charge in [-0.05, 0) is 41.2 Å². The number of primary amides is 1. The molecule has 3 amide bonds. The quantitative estimate of drug-likeness (QED) is 0.345. The molecule has 0 fully saturated rings. The average molecular weight is 579 g/mol. The van der Waals surface area contributed by atoms with Crippen molar-refractivity contribution in [3.63, 3.8) is 0 Å². The standard InChI is InChI=1S/C20H18ClF7O2S.C2H4N2O2/c1-11-9-13(18(22,19(23,24)25)20(26,27)28)7-8-14(11)15-5-4-6-16(21)17(15)12(2)10-31(3,29)30;3-2(6)4-1-5/h4-9,12H,10H2,1-3H3;1H,(H3,3,4,5,6)/t12-;/m1./s1. The van der Waals surface area contributed by atoms with Crippen LogP contribution in [0.2, 0.25) is 5.02 Å². The van der Waals surface area contributed by atoms with Crippen molar-refractivity contribution in [2.45, 2.75) is 37.8 Å². The number of nitrogens with one attached hydrogen (secondary N) is 1. The Morgan fingerprint density at radius 3 is 1.97 bits per heavy atom. The Bertz CT molecular complexity index is 1230. The largest absolute Gasteiger partial charge is 0.435 e. The highest BCUT2D eigenvalue weighted by Crippen LogP contribution is 2.53. The molecule has 0 heterocycles. The lowest BCUT2D eigenvalue weighted by atomic mass is 9.86. The van der Waals surface area contributed by atoms with E-state index in [0.29, 0.717) is 23.3 Å². The summed E-state index contributed by atoms with van der Waals surface area (Å²) in [5.41, 5.74) is -1.88. The molecule has 206 valence electrons. The van der Waals surface area contributed by atoms with Crippen LogP contribution in [0.4, 0.5) is 35.5 Å². The molecule has 2 aromatic carbocycles. The number of carbonyl (C=O) groups excluding carboxylic acids is 2. The number of sulfone groups is 1. The Hall–Kier alpha value is -2.87. The number of benzene rings is 2. The zero-order valence-electron chi connectivity index (χ0n) is 19.5. The van der Waals surface area contributed by atoms with Gasteiger partial charge in [0, 0.05) is 16.8 Å². The van der Waals surface area contributed by atoms with Crippen molar-refractivity contribution >= 4 is 33.9 Å². The van der Waals surface area contributed by atoms with Gasteiger partial charge in [-0.3, -0.25) is 10.1 Å². The maximum absolute atomic E-state index is 14.4. The first-order chi connectivity index (χ1) is 16.7. The van der Waals surface area contributed by atoms with E-state index in [1.54, 1.807) is 12.2 Å². The molecular weight excluding hydrogens is 557 g/mol. The lowest BCUT2D eigenvalue weighted by Crippen LogP contribution is -2.50. The molecule has 2 aromatic rings. The van der Waals surface area contributed by atoms with E-state index >= 15 is 0 Å². The van der Waals surface area contributed by atoms with E-state index in [0.717, 1.165) is 12.3 Å². The molecule has 0 aromatic heterocycles. The van der Waals surface area contributed by atoms with E-state index in [1.807, 2.05) is 0 Å². The number of urea groups is 1. The number of hydrogen-bond donors (Lipinski definition) is 2. The SMILES string of the molecule is Cc1cc(C(F)(C(F)(F)F)C(F)(F)F)ccc1-c1cccc(Cl)c1[C@H](C)CS(C)(=O)=O.NC(=O)NC=O. The summed E-state index contributed by atoms with van der Waals surface area (Å²) < 4.78 is 116. The van der Waals surface area contributed by atoms with Crippen LogP contribution in [0.15, 0.2) is 36.4 Å². The summed E-state index contributed by atoms with van der Waals surface area (Å²) in [6.07, 6.45) is -11.2. The highest BCUT2D eigenvalue weighted by atomic mass is 35.5. The van der Waals surface area contributed by atoms with Crippen LogP contribution in [0.25, 0.3) is 11.1 Å². The smallest absolute Gasteiger partial charge is 0.351 e. The van der Waals surface area contributed by atoms with Gasteiger partial charge >= 0.3 is 24.1 Å². The predicted octanol–water partition coefficient (Wildman–Crippen LogP) is 5.56. The third-order valence-corrected chi connectivity index (χ3v) is 6.43. The van der Waals surface area contributed by atoms with Gasteiger partial charge in [0.05, 0.1) is 5.75 Å². The summed E-state index contributed by atoms with van der Waals surface area (Å²) in [4.78, 5) is 18.7. The molecule has 1 atom stereocenters. The van der Waals surface area contributed by atoms with Crippen LogP contribution in [0, 0.1) is 6.92 Å². The van der Waals surface area contributed by atoms with E-state index in [1.165, 1.54) is 25.1 Å². The number of nitrogens with two attached hydrogens (primary N) is 1. The van der Waals surface area contributed by atoms with Crippen molar-refractivity contribution < 1.29 is 48.7 Å². The molecule has 0 saturated heterocycles. The van der Waals surface area contributed by atoms with Crippen molar-refractivity contribution in [3.8, 4) is 11.1 Å². The van der Waals surface area contributed by atoms with Crippen LogP contribution in [0.5, 0.6) is 0 Å². The van der Waals surface area contributed by atoms with Gasteiger partial charge in [0.15, 0.2) is 0 Å². The fourth-order valence-corrected chi connectivity index (χ4v) is 4.97. The number of carbonyl (C=O) groups is 2. The highest BCUT2D eigenvalue weighted by molar-refractivity contribution is 7.90. The monoisotopic (exact) mass is 578 g/mol. The summed E-state index contributed by atoms with van der Waals surface area (Å²) in [7, 11) is -3.41. The van der Waals surface area contributed by atoms with Gasteiger partial charge in [0.1, 0.15) is 9.84 Å². The minimum Gasteiger partial charge on any atom is -0.351 e. The van der Waals surface area contributed by atoms with Gasteiger partial charge in [-0.15, -0.1) is 0 Å². The van der Waals surface area contributed by atoms with Crippen LogP contribution in [-0.2, 0) is 20.3 Å². The normalized spacial score (nSPS) is 13.3. The number of aryl methyl sites for hydroxylation is 1. The van der Waals surface area contributed by atoms with Crippen LogP contribution in [-0.4, -0.2) is 45.2 Å². The fourth-order valence-electron chi connectivity index (χ4n) is 3.54. The van der Waals surface area contributed by atoms with Crippen molar-refractivity contribution in [2.24, 2.45) is 5.73 Å². The fraction of sp³-hybridized carbons (Fsp3) is 0.364. The first kappa shape index (κ1) is 32.2. The molecule has 0 saturated carbocycles. The molecule has 2 rings (SSSR count). The number of halogens is 8. The second-order valence-electron chi connectivity index (χ2n) is 8.00. The van der Waals surface area contributed by atoms with Gasteiger partial charge in [-0.2, -0.15) is 26.3 Å². The third-order valence-electron chi connectivity index (χ3n) is 5.00. The predicted molar refractivity (Wildman–Crippen MR) is 123 cm³/mol. The summed E-state index contributed by atoms with van der Waals surface area (Å²) in [6, 6.07) is 5.54. The van der Waals surface area contributed by atoms with Crippen LogP contribution >= 0.6 is 11.6 Å². The average Bonchev–Trinajstić information content (AvgIpc) is 2.70. The second kappa shape index (κ2) is 11.7. The topological polar surface area (TPSA) is 106 Å². The van der Waals surface area contributed by atoms with Crippen LogP contribution < -0.4 is 11.1 Å². The number of imide groups is 1. The maximum atomic E-state index is 14.4. The van der Waals surface area contributed by atoms with E-state index < -0.39 is 45.4 Å². The van der Waals surface area contributed by atoms with Crippen LogP contribution in [0.3, 0.4) is 0 Å². The molecule has 6 nitrogen and oxygen atoms in total. The molecule has 0 aliphatic rings. The van der Waals surface area contributed by atoms with Crippen molar-refractivity contribution in [1.29, 1.82) is 0 Å². The Labute approximate surface area is 212 Å². The summed E-state index contributed by atoms with van der Waals surface area (Å²) >= 11 is 6.23. The number of alkyl halides is 7. The first-order valence-corrected chi connectivity index (χ1v) is 12.5. The van der Waals surface area contributed by atoms with E-state index in [-0.39, 0.29) is 28.3 Å². The molecule has 3 N–H and O–H groups in total. The molecule has 0 aliphatic heterocycles. The zero-order valence-corrected chi connectivity index (χ0v) is 21.0. The molecule has 0 bridgehead atoms. The zero-order chi connectivity index (χ0) is 29.0. The van der Waals surface area contributed by atoms with Crippen molar-refractivity contribution in [3.05, 3.63) is 58.1 Å². The molecule has 0 aliphatic carbocycles. The van der Waals surface area contributed by atoms with Gasteiger partial charge in [-0.25, -0.2) is 17.6 Å². The molecule has 37 heavy (non-hydrogen) atoms. The first-order valence-electron chi connectivity index (χ1n) is 10.1. The van der Waals surface area contributed by atoms with E-state index in [4.69, 9.17) is 11.6 Å². The second-order valence-corrected chi connectivity index (χ2v) is 10.6. The molecule has 0 spiro atoms. The lowest BCUT2D eigenvalue weighted by molar-refractivity contribution is -0.348. The lowest BCUT2D eigenvalue weighted by Gasteiger charge is -2.31. The Balaban J connectivity index is 0.00000102. The number of rotatable bonds is 6. The minimum absolute atomic E-state index is 0.0666. The van der Waals surface area contributed by atoms with Crippen molar-refractivity contribution in [2.75, 3.05) is 12.0 Å². The minimum atomic E-state index is -6.22. The molecule has 15 heteroatoms. The molecule has 0 radical (unpaired) electrons. The van der Waals surface area contributed by atoms with Gasteiger partial charge in [0.25, 0.3) is 0 Å². The number of hydrogen-bond acceptors (Lipinski definition) is 4. The van der Waals surface area contributed by atoms with Crippen LogP contribution in [0.1, 0.15) is 29.5 Å². The highest BCUT2D eigenvalue weighted by Gasteiger charge is 2.73. The summed E-state index contributed by atoms with van der Waals surface area (Å²) in [6.45, 7) is 2.81. The Morgan fingerprint density at radius 2 is 1.59 bits per heavy atom. The summed E-state index contributed by atoms with van der Waals surface area (Å²) in [5, 5.41) is 1.85. The Kier molecular flexibility index (Phi) is 10.1. The van der Waals surface area contributed by atoms with E-state index in [9.17, 15) is 48.7 Å². The summed E-state index contributed by atoms with van der Waals surface area (Å²) in [5.74, 6) is -0.903.